The molecule has 0 fully saturated rings. The molecule has 0 saturated heterocycles. The molecular weight excluding hydrogens is 253 g/mol. The van der Waals surface area contributed by atoms with Crippen LogP contribution >= 0.6 is 0 Å². The molecule has 6 nitrogen and oxygen atoms in total. The normalized spacial score (nSPS) is 13.9. The molecule has 2 radical (unpaired) electrons. The number of hydrogen-bond donors (Lipinski definition) is 0. The van der Waals surface area contributed by atoms with Gasteiger partial charge in [0.25, 0.3) is 0 Å². The van der Waals surface area contributed by atoms with Crippen LogP contribution in [0.1, 0.15) is 40.3 Å². The van der Waals surface area contributed by atoms with E-state index < -0.39 is 0 Å². The Balaban J connectivity index is 2.17. The molecule has 0 N–H and O–H groups in total. The first-order chi connectivity index (χ1) is 9.61. The van der Waals surface area contributed by atoms with Crippen molar-refractivity contribution in [3.8, 4) is 11.9 Å². The van der Waals surface area contributed by atoms with E-state index >= 15 is 0 Å². The van der Waals surface area contributed by atoms with Gasteiger partial charge < -0.3 is 0 Å². The number of nitriles is 1. The van der Waals surface area contributed by atoms with E-state index in [0.717, 1.165) is 18.5 Å². The average molecular weight is 263 g/mol. The third-order valence-electron chi connectivity index (χ3n) is 3.39. The van der Waals surface area contributed by atoms with E-state index in [1.54, 1.807) is 17.7 Å². The molecule has 20 heavy (non-hydrogen) atoms. The van der Waals surface area contributed by atoms with Crippen molar-refractivity contribution in [2.75, 3.05) is 0 Å². The second kappa shape index (κ2) is 4.56. The first-order valence-electron chi connectivity index (χ1n) is 6.27. The zero-order valence-corrected chi connectivity index (χ0v) is 10.9. The van der Waals surface area contributed by atoms with E-state index in [-0.39, 0.29) is 16.9 Å². The highest BCUT2D eigenvalue weighted by Gasteiger charge is 2.26. The van der Waals surface area contributed by atoms with Crippen LogP contribution in [0.3, 0.4) is 0 Å². The molecule has 0 amide bonds. The fourth-order valence-electron chi connectivity index (χ4n) is 2.49. The van der Waals surface area contributed by atoms with Crippen molar-refractivity contribution in [2.45, 2.75) is 26.2 Å². The van der Waals surface area contributed by atoms with Crippen LogP contribution in [-0.4, -0.2) is 33.6 Å². The van der Waals surface area contributed by atoms with Gasteiger partial charge in [0, 0.05) is 6.42 Å². The highest BCUT2D eigenvalue weighted by molar-refractivity contribution is 6.33. The van der Waals surface area contributed by atoms with Crippen molar-refractivity contribution in [3.63, 3.8) is 0 Å². The fourth-order valence-corrected chi connectivity index (χ4v) is 2.49. The maximum Gasteiger partial charge on any atom is 0.175 e. The van der Waals surface area contributed by atoms with Crippen molar-refractivity contribution in [3.05, 3.63) is 28.7 Å². The maximum atomic E-state index is 12.0. The van der Waals surface area contributed by atoms with Crippen molar-refractivity contribution in [1.29, 1.82) is 5.26 Å². The Labute approximate surface area is 116 Å². The number of rotatable bonds is 1. The molecule has 2 aromatic heterocycles. The van der Waals surface area contributed by atoms with Gasteiger partial charge in [-0.25, -0.2) is 4.68 Å². The fraction of sp³-hybridized carbons (Fsp3) is 0.308. The lowest BCUT2D eigenvalue weighted by molar-refractivity contribution is 0.0971. The number of carbonyl (C=O) groups is 1. The molecule has 0 saturated carbocycles. The number of aromatic nitrogens is 4. The summed E-state index contributed by atoms with van der Waals surface area (Å²) in [6.45, 7) is 1.80. The highest BCUT2D eigenvalue weighted by Crippen LogP contribution is 2.25. The van der Waals surface area contributed by atoms with Crippen LogP contribution in [0.5, 0.6) is 0 Å². The Hall–Kier alpha value is -2.49. The van der Waals surface area contributed by atoms with Gasteiger partial charge in [0.2, 0.25) is 0 Å². The van der Waals surface area contributed by atoms with Gasteiger partial charge in [-0.2, -0.15) is 10.4 Å². The molecule has 7 heteroatoms. The largest absolute Gasteiger partial charge is 0.294 e. The third kappa shape index (κ3) is 1.81. The van der Waals surface area contributed by atoms with Gasteiger partial charge in [-0.15, -0.1) is 10.2 Å². The molecule has 1 aliphatic rings. The molecule has 0 unspecified atom stereocenters. The zero-order chi connectivity index (χ0) is 14.3. The molecule has 96 valence electrons. The number of fused-ring (bicyclic) bond motifs is 1. The van der Waals surface area contributed by atoms with E-state index in [1.165, 1.54) is 0 Å². The van der Waals surface area contributed by atoms with Crippen LogP contribution in [0.25, 0.3) is 5.82 Å². The quantitative estimate of drug-likeness (QED) is 0.684. The standard InChI is InChI=1S/C13H10BN5O/c1-7-13-10(3-2-4-11(13)20)19(18-7)12-5-8(14)9(6-15)16-17-12/h5H,2-4H2,1H3. The van der Waals surface area contributed by atoms with E-state index in [0.29, 0.717) is 23.5 Å². The number of nitrogens with zero attached hydrogens (tertiary/aromatic N) is 5. The second-order valence-electron chi connectivity index (χ2n) is 4.71. The Morgan fingerprint density at radius 2 is 2.20 bits per heavy atom. The molecule has 2 heterocycles. The number of hydrogen-bond acceptors (Lipinski definition) is 5. The number of carbonyl (C=O) groups excluding carboxylic acids is 1. The van der Waals surface area contributed by atoms with Gasteiger partial charge in [-0.1, -0.05) is 5.46 Å². The third-order valence-corrected chi connectivity index (χ3v) is 3.39. The zero-order valence-electron chi connectivity index (χ0n) is 10.9. The van der Waals surface area contributed by atoms with Gasteiger partial charge in [-0.05, 0) is 25.8 Å². The summed E-state index contributed by atoms with van der Waals surface area (Å²) in [6.07, 6.45) is 2.13. The van der Waals surface area contributed by atoms with E-state index in [4.69, 9.17) is 13.1 Å². The Bertz CT molecular complexity index is 759. The van der Waals surface area contributed by atoms with Crippen LogP contribution in [-0.2, 0) is 6.42 Å². The molecule has 0 aliphatic heterocycles. The lowest BCUT2D eigenvalue weighted by Crippen LogP contribution is -2.18. The monoisotopic (exact) mass is 263 g/mol. The Kier molecular flexibility index (Phi) is 2.86. The summed E-state index contributed by atoms with van der Waals surface area (Å²) in [4.78, 5) is 12.0. The van der Waals surface area contributed by atoms with Crippen molar-refractivity contribution < 1.29 is 4.79 Å². The summed E-state index contributed by atoms with van der Waals surface area (Å²) in [7, 11) is 5.75. The topological polar surface area (TPSA) is 84.5 Å². The van der Waals surface area contributed by atoms with Crippen LogP contribution in [0.2, 0.25) is 0 Å². The second-order valence-corrected chi connectivity index (χ2v) is 4.71. The first kappa shape index (κ1) is 12.5. The average Bonchev–Trinajstić information content (AvgIpc) is 2.77. The summed E-state index contributed by atoms with van der Waals surface area (Å²) in [5, 5.41) is 20.9. The minimum absolute atomic E-state index is 0.0857. The molecule has 2 aromatic rings. The van der Waals surface area contributed by atoms with Crippen molar-refractivity contribution >= 4 is 19.1 Å². The highest BCUT2D eigenvalue weighted by atomic mass is 16.1. The predicted octanol–water partition coefficient (Wildman–Crippen LogP) is 0.155. The molecule has 0 atom stereocenters. The van der Waals surface area contributed by atoms with Gasteiger partial charge in [-0.3, -0.25) is 4.79 Å². The minimum Gasteiger partial charge on any atom is -0.294 e. The summed E-state index contributed by atoms with van der Waals surface area (Å²) in [6, 6.07) is 3.42. The van der Waals surface area contributed by atoms with Crippen LogP contribution < -0.4 is 5.46 Å². The smallest absolute Gasteiger partial charge is 0.175 e. The molecule has 0 aromatic carbocycles. The minimum atomic E-state index is 0.0857. The van der Waals surface area contributed by atoms with Gasteiger partial charge in [0.05, 0.1) is 17.0 Å². The van der Waals surface area contributed by atoms with Crippen LogP contribution in [0, 0.1) is 18.3 Å². The number of aryl methyl sites for hydroxylation is 1. The maximum absolute atomic E-state index is 12.0. The molecule has 0 spiro atoms. The summed E-state index contributed by atoms with van der Waals surface area (Å²) in [5.41, 5.74) is 2.55. The Morgan fingerprint density at radius 1 is 1.40 bits per heavy atom. The lowest BCUT2D eigenvalue weighted by Gasteiger charge is -2.12. The number of Topliss-reactive ketones (excluding diaryl/α,β-unsaturated/α-hetero) is 1. The van der Waals surface area contributed by atoms with Gasteiger partial charge in [0.15, 0.2) is 17.3 Å². The molecule has 1 aliphatic carbocycles. The predicted molar refractivity (Wildman–Crippen MR) is 71.3 cm³/mol. The lowest BCUT2D eigenvalue weighted by atomic mass is 9.94. The molecule has 0 bridgehead atoms. The summed E-state index contributed by atoms with van der Waals surface area (Å²) >= 11 is 0. The molecular formula is C13H10BN5O. The van der Waals surface area contributed by atoms with E-state index in [9.17, 15) is 4.79 Å². The van der Waals surface area contributed by atoms with E-state index in [2.05, 4.69) is 15.3 Å². The molecule has 3 rings (SSSR count). The van der Waals surface area contributed by atoms with E-state index in [1.807, 2.05) is 6.07 Å². The van der Waals surface area contributed by atoms with Crippen molar-refractivity contribution in [2.24, 2.45) is 0 Å². The van der Waals surface area contributed by atoms with Crippen LogP contribution in [0.4, 0.5) is 0 Å². The SMILES string of the molecule is [B]c1cc(-n2nc(C)c3c2CCCC3=O)nnc1C#N. The van der Waals surface area contributed by atoms with Gasteiger partial charge in [0.1, 0.15) is 13.9 Å². The number of ketones is 1. The first-order valence-corrected chi connectivity index (χ1v) is 6.27. The summed E-state index contributed by atoms with van der Waals surface area (Å²) in [5.74, 6) is 0.546. The van der Waals surface area contributed by atoms with Crippen molar-refractivity contribution in [1.82, 2.24) is 20.0 Å². The summed E-state index contributed by atoms with van der Waals surface area (Å²) < 4.78 is 1.60. The van der Waals surface area contributed by atoms with Gasteiger partial charge >= 0.3 is 0 Å². The van der Waals surface area contributed by atoms with Crippen LogP contribution in [0.15, 0.2) is 6.07 Å². The Morgan fingerprint density at radius 3 is 2.90 bits per heavy atom.